The lowest BCUT2D eigenvalue weighted by Crippen LogP contribution is -2.44. The molecule has 2 aliphatic carbocycles. The molecule has 2 aromatic heterocycles. The molecule has 1 N–H and O–H groups in total. The number of benzene rings is 1. The molecule has 1 aliphatic heterocycles. The molecular formula is C28H36N6O. The summed E-state index contributed by atoms with van der Waals surface area (Å²) in [6.07, 6.45) is 5.45. The van der Waals surface area contributed by atoms with E-state index < -0.39 is 0 Å². The van der Waals surface area contributed by atoms with Gasteiger partial charge in [-0.1, -0.05) is 20.8 Å². The summed E-state index contributed by atoms with van der Waals surface area (Å²) in [6.45, 7) is 11.3. The average Bonchev–Trinajstić information content (AvgIpc) is 3.33. The van der Waals surface area contributed by atoms with E-state index in [1.54, 1.807) is 6.07 Å². The molecule has 6 rings (SSSR count). The molecule has 3 unspecified atom stereocenters. The molecule has 2 bridgehead atoms. The van der Waals surface area contributed by atoms with Crippen LogP contribution in [0.1, 0.15) is 46.1 Å². The molecule has 184 valence electrons. The number of aromatic nitrogens is 3. The van der Waals surface area contributed by atoms with Gasteiger partial charge in [0.25, 0.3) is 5.56 Å². The molecule has 1 aromatic carbocycles. The smallest absolute Gasteiger partial charge is 0.252 e. The number of nitrogens with zero attached hydrogens (tertiary/aromatic N) is 5. The van der Waals surface area contributed by atoms with Crippen LogP contribution in [0.25, 0.3) is 11.0 Å². The van der Waals surface area contributed by atoms with Crippen LogP contribution in [0, 0.1) is 16.7 Å². The van der Waals surface area contributed by atoms with Crippen LogP contribution in [0.4, 0.5) is 17.3 Å². The lowest BCUT2D eigenvalue weighted by atomic mass is 9.68. The van der Waals surface area contributed by atoms with E-state index >= 15 is 0 Å². The number of anilines is 3. The minimum Gasteiger partial charge on any atom is -0.369 e. The maximum Gasteiger partial charge on any atom is 0.252 e. The van der Waals surface area contributed by atoms with Crippen LogP contribution in [0.2, 0.25) is 0 Å². The number of hydrogen-bond donors (Lipinski definition) is 1. The first-order valence-electron chi connectivity index (χ1n) is 12.9. The van der Waals surface area contributed by atoms with Gasteiger partial charge in [-0.2, -0.15) is 4.98 Å². The van der Waals surface area contributed by atoms with Gasteiger partial charge in [-0.05, 0) is 73.4 Å². The van der Waals surface area contributed by atoms with Crippen LogP contribution in [0.5, 0.6) is 0 Å². The zero-order valence-electron chi connectivity index (χ0n) is 21.3. The van der Waals surface area contributed by atoms with E-state index in [1.807, 2.05) is 16.8 Å². The zero-order valence-corrected chi connectivity index (χ0v) is 21.3. The fraction of sp³-hybridized carbons (Fsp3) is 0.536. The van der Waals surface area contributed by atoms with Gasteiger partial charge in [0.15, 0.2) is 0 Å². The third-order valence-electron chi connectivity index (χ3n) is 9.11. The maximum atomic E-state index is 13.3. The van der Waals surface area contributed by atoms with Crippen molar-refractivity contribution in [1.82, 2.24) is 19.4 Å². The molecule has 3 aliphatic rings. The van der Waals surface area contributed by atoms with Gasteiger partial charge in [0.05, 0.1) is 0 Å². The normalized spacial score (nSPS) is 28.1. The van der Waals surface area contributed by atoms with Crippen LogP contribution >= 0.6 is 0 Å². The van der Waals surface area contributed by atoms with Crippen molar-refractivity contribution in [2.45, 2.75) is 46.1 Å². The fourth-order valence-electron chi connectivity index (χ4n) is 7.22. The van der Waals surface area contributed by atoms with Gasteiger partial charge >= 0.3 is 0 Å². The molecule has 3 aromatic rings. The molecule has 0 radical (unpaired) electrons. The molecule has 3 atom stereocenters. The quantitative estimate of drug-likeness (QED) is 0.595. The van der Waals surface area contributed by atoms with Gasteiger partial charge < -0.3 is 15.1 Å². The van der Waals surface area contributed by atoms with Crippen molar-refractivity contribution in [3.8, 4) is 0 Å². The highest BCUT2D eigenvalue weighted by Crippen LogP contribution is 2.68. The summed E-state index contributed by atoms with van der Waals surface area (Å²) < 4.78 is 1.98. The predicted octanol–water partition coefficient (Wildman–Crippen LogP) is 4.67. The minimum atomic E-state index is 0.0329. The molecule has 3 fully saturated rings. The van der Waals surface area contributed by atoms with E-state index in [1.165, 1.54) is 24.9 Å². The van der Waals surface area contributed by atoms with Crippen LogP contribution in [0.15, 0.2) is 47.4 Å². The fourth-order valence-corrected chi connectivity index (χ4v) is 7.22. The van der Waals surface area contributed by atoms with Crippen molar-refractivity contribution in [2.75, 3.05) is 43.4 Å². The number of piperazine rings is 1. The first-order valence-corrected chi connectivity index (χ1v) is 12.9. The Morgan fingerprint density at radius 3 is 2.43 bits per heavy atom. The number of nitrogens with one attached hydrogen (secondary N) is 1. The van der Waals surface area contributed by atoms with Gasteiger partial charge in [0, 0.05) is 61.2 Å². The summed E-state index contributed by atoms with van der Waals surface area (Å²) in [6, 6.07) is 12.1. The number of fused-ring (bicyclic) bond motifs is 3. The van der Waals surface area contributed by atoms with Crippen molar-refractivity contribution in [2.24, 2.45) is 16.7 Å². The Labute approximate surface area is 207 Å². The van der Waals surface area contributed by atoms with E-state index in [4.69, 9.17) is 4.98 Å². The second-order valence-corrected chi connectivity index (χ2v) is 11.8. The molecule has 7 heteroatoms. The number of rotatable bonds is 4. The van der Waals surface area contributed by atoms with Gasteiger partial charge in [-0.25, -0.2) is 4.98 Å². The second kappa shape index (κ2) is 8.05. The highest BCUT2D eigenvalue weighted by Gasteiger charge is 2.60. The van der Waals surface area contributed by atoms with E-state index in [0.717, 1.165) is 42.9 Å². The summed E-state index contributed by atoms with van der Waals surface area (Å²) in [7, 11) is 2.17. The summed E-state index contributed by atoms with van der Waals surface area (Å²) >= 11 is 0. The predicted molar refractivity (Wildman–Crippen MR) is 141 cm³/mol. The average molecular weight is 473 g/mol. The molecule has 2 saturated carbocycles. The Balaban J connectivity index is 1.32. The summed E-state index contributed by atoms with van der Waals surface area (Å²) in [5.41, 5.74) is 3.14. The maximum absolute atomic E-state index is 13.3. The van der Waals surface area contributed by atoms with Gasteiger partial charge in [0.1, 0.15) is 5.65 Å². The Morgan fingerprint density at radius 2 is 1.74 bits per heavy atom. The summed E-state index contributed by atoms with van der Waals surface area (Å²) in [5.74, 6) is 1.17. The van der Waals surface area contributed by atoms with Crippen LogP contribution < -0.4 is 15.8 Å². The molecule has 0 amide bonds. The van der Waals surface area contributed by atoms with Crippen LogP contribution in [-0.4, -0.2) is 52.7 Å². The van der Waals surface area contributed by atoms with E-state index in [0.29, 0.717) is 11.9 Å². The van der Waals surface area contributed by atoms with Crippen molar-refractivity contribution < 1.29 is 0 Å². The Morgan fingerprint density at radius 1 is 1.00 bits per heavy atom. The van der Waals surface area contributed by atoms with E-state index in [2.05, 4.69) is 72.2 Å². The largest absolute Gasteiger partial charge is 0.369 e. The highest BCUT2D eigenvalue weighted by atomic mass is 16.1. The van der Waals surface area contributed by atoms with Gasteiger partial charge in [-0.15, -0.1) is 0 Å². The minimum absolute atomic E-state index is 0.0329. The monoisotopic (exact) mass is 472 g/mol. The summed E-state index contributed by atoms with van der Waals surface area (Å²) in [4.78, 5) is 27.5. The zero-order chi connectivity index (χ0) is 24.4. The van der Waals surface area contributed by atoms with E-state index in [9.17, 15) is 4.79 Å². The number of hydrogen-bond acceptors (Lipinski definition) is 6. The lowest BCUT2D eigenvalue weighted by molar-refractivity contribution is 0.0838. The summed E-state index contributed by atoms with van der Waals surface area (Å²) in [5, 5.41) is 4.28. The Bertz CT molecular complexity index is 1300. The third-order valence-corrected chi connectivity index (χ3v) is 9.11. The van der Waals surface area contributed by atoms with Gasteiger partial charge in [0.2, 0.25) is 5.95 Å². The highest BCUT2D eigenvalue weighted by molar-refractivity contribution is 5.76. The first kappa shape index (κ1) is 22.5. The van der Waals surface area contributed by atoms with Crippen molar-refractivity contribution >= 4 is 28.4 Å². The van der Waals surface area contributed by atoms with Crippen LogP contribution in [0.3, 0.4) is 0 Å². The lowest BCUT2D eigenvalue weighted by Gasteiger charge is -2.43. The first-order chi connectivity index (χ1) is 16.7. The third kappa shape index (κ3) is 3.71. The molecule has 35 heavy (non-hydrogen) atoms. The van der Waals surface area contributed by atoms with E-state index in [-0.39, 0.29) is 22.4 Å². The SMILES string of the molecule is CN1CCN(c2ccc(Nc3ncc4ccc(=O)n(C5C6(C)CCC(C6)C5(C)C)c4n3)cc2)CC1. The number of pyridine rings is 1. The molecule has 1 saturated heterocycles. The molecular weight excluding hydrogens is 436 g/mol. The van der Waals surface area contributed by atoms with Crippen molar-refractivity contribution in [1.29, 1.82) is 0 Å². The number of likely N-dealkylation sites (N-methyl/N-ethyl adjacent to an activating group) is 1. The Hall–Kier alpha value is -2.93. The molecule has 7 nitrogen and oxygen atoms in total. The van der Waals surface area contributed by atoms with Gasteiger partial charge in [-0.3, -0.25) is 9.36 Å². The second-order valence-electron chi connectivity index (χ2n) is 11.8. The molecule has 0 spiro atoms. The standard InChI is InChI=1S/C28H36N6O/c1-27(2)20-11-12-28(3,17-20)25(27)34-23(35)10-5-19-18-29-26(31-24(19)34)30-21-6-8-22(9-7-21)33-15-13-32(4)14-16-33/h5-10,18,20,25H,11-17H2,1-4H3,(H,29,30,31). The van der Waals surface area contributed by atoms with Crippen molar-refractivity contribution in [3.63, 3.8) is 0 Å². The Kier molecular flexibility index (Phi) is 5.18. The topological polar surface area (TPSA) is 66.3 Å². The molecule has 3 heterocycles. The van der Waals surface area contributed by atoms with Crippen LogP contribution in [-0.2, 0) is 0 Å². The van der Waals surface area contributed by atoms with Crippen molar-refractivity contribution in [3.05, 3.63) is 52.9 Å².